The molecule has 0 saturated carbocycles. The average Bonchev–Trinajstić information content (AvgIpc) is 2.87. The zero-order valence-corrected chi connectivity index (χ0v) is 15.7. The molecular weight excluding hydrogens is 372 g/mol. The first-order valence-corrected chi connectivity index (χ1v) is 9.81. The van der Waals surface area contributed by atoms with Gasteiger partial charge in [-0.2, -0.15) is 12.9 Å². The predicted molar refractivity (Wildman–Crippen MR) is 98.4 cm³/mol. The highest BCUT2D eigenvalue weighted by atomic mass is 35.5. The van der Waals surface area contributed by atoms with Crippen molar-refractivity contribution in [1.29, 1.82) is 0 Å². The van der Waals surface area contributed by atoms with Crippen LogP contribution in [0.1, 0.15) is 25.3 Å². The maximum atomic E-state index is 14.5. The molecule has 24 heavy (non-hydrogen) atoms. The highest BCUT2D eigenvalue weighted by Crippen LogP contribution is 2.37. The van der Waals surface area contributed by atoms with E-state index in [4.69, 9.17) is 23.2 Å². The molecule has 130 valence electrons. The number of halogens is 3. The Bertz CT molecular complexity index is 790. The van der Waals surface area contributed by atoms with E-state index in [1.807, 2.05) is 26.0 Å². The van der Waals surface area contributed by atoms with Gasteiger partial charge in [0, 0.05) is 35.3 Å². The summed E-state index contributed by atoms with van der Waals surface area (Å²) in [6.45, 7) is 4.64. The van der Waals surface area contributed by atoms with Crippen LogP contribution in [0.5, 0.6) is 0 Å². The molecule has 0 radical (unpaired) electrons. The van der Waals surface area contributed by atoms with Crippen molar-refractivity contribution in [1.82, 2.24) is 4.31 Å². The topological polar surface area (TPSA) is 45.0 Å². The van der Waals surface area contributed by atoms with Gasteiger partial charge in [0.2, 0.25) is 0 Å². The lowest BCUT2D eigenvalue weighted by molar-refractivity contribution is 0.188. The Kier molecular flexibility index (Phi) is 5.02. The molecule has 1 aromatic rings. The van der Waals surface area contributed by atoms with Crippen molar-refractivity contribution in [2.24, 2.45) is 15.3 Å². The maximum absolute atomic E-state index is 14.5. The summed E-state index contributed by atoms with van der Waals surface area (Å²) in [7, 11) is -3.99. The summed E-state index contributed by atoms with van der Waals surface area (Å²) in [6.07, 6.45) is 5.55. The molecule has 2 unspecified atom stereocenters. The Labute approximate surface area is 152 Å². The molecule has 0 spiro atoms. The van der Waals surface area contributed by atoms with Crippen molar-refractivity contribution >= 4 is 45.4 Å². The van der Waals surface area contributed by atoms with Crippen LogP contribution in [-0.4, -0.2) is 33.9 Å². The highest BCUT2D eigenvalue weighted by Gasteiger charge is 2.38. The molecule has 2 aliphatic heterocycles. The molecule has 8 heteroatoms. The fourth-order valence-corrected chi connectivity index (χ4v) is 5.02. The van der Waals surface area contributed by atoms with Crippen LogP contribution in [0.2, 0.25) is 10.0 Å². The molecule has 1 aromatic carbocycles. The fraction of sp³-hybridized carbons (Fsp3) is 0.438. The van der Waals surface area contributed by atoms with Crippen molar-refractivity contribution in [3.63, 3.8) is 0 Å². The van der Waals surface area contributed by atoms with E-state index < -0.39 is 10.3 Å². The Balaban J connectivity index is 1.79. The molecule has 1 saturated heterocycles. The third kappa shape index (κ3) is 3.52. The molecule has 0 aliphatic carbocycles. The summed E-state index contributed by atoms with van der Waals surface area (Å²) in [5.41, 5.74) is 0.960. The lowest BCUT2D eigenvalue weighted by atomic mass is 9.95. The van der Waals surface area contributed by atoms with E-state index in [0.29, 0.717) is 23.1 Å². The molecule has 0 bridgehead atoms. The predicted octanol–water partition coefficient (Wildman–Crippen LogP) is 4.96. The van der Waals surface area contributed by atoms with Gasteiger partial charge in [-0.15, -0.1) is 3.89 Å². The van der Waals surface area contributed by atoms with E-state index in [9.17, 15) is 8.09 Å². The lowest BCUT2D eigenvalue weighted by Crippen LogP contribution is -2.51. The smallest absolute Gasteiger partial charge is 0.275 e. The zero-order chi connectivity index (χ0) is 17.5. The molecule has 3 rings (SSSR count). The van der Waals surface area contributed by atoms with Gasteiger partial charge < -0.3 is 0 Å². The van der Waals surface area contributed by atoms with E-state index in [1.54, 1.807) is 6.21 Å². The minimum Gasteiger partial charge on any atom is -0.285 e. The molecule has 2 aliphatic rings. The summed E-state index contributed by atoms with van der Waals surface area (Å²) in [5, 5.41) is 0.803. The maximum Gasteiger partial charge on any atom is 0.275 e. The number of rotatable bonds is 4. The highest BCUT2D eigenvalue weighted by molar-refractivity contribution is 7.86. The third-order valence-electron chi connectivity index (χ3n) is 4.19. The number of allylic oxidation sites excluding steroid dienone is 1. The fourth-order valence-electron chi connectivity index (χ4n) is 2.87. The van der Waals surface area contributed by atoms with Crippen molar-refractivity contribution < 1.29 is 8.09 Å². The van der Waals surface area contributed by atoms with Crippen LogP contribution in [-0.2, 0) is 10.3 Å². The Hall–Kier alpha value is -0.950. The minimum atomic E-state index is -3.99. The van der Waals surface area contributed by atoms with Gasteiger partial charge in [-0.1, -0.05) is 43.1 Å². The monoisotopic (exact) mass is 389 g/mol. The van der Waals surface area contributed by atoms with Crippen LogP contribution in [0.25, 0.3) is 0 Å². The van der Waals surface area contributed by atoms with Crippen LogP contribution < -0.4 is 0 Å². The minimum absolute atomic E-state index is 0.0469. The Morgan fingerprint density at radius 1 is 1.33 bits per heavy atom. The van der Waals surface area contributed by atoms with Crippen LogP contribution >= 0.6 is 23.2 Å². The molecule has 2 heterocycles. The van der Waals surface area contributed by atoms with Gasteiger partial charge in [0.1, 0.15) is 0 Å². The number of benzene rings is 1. The van der Waals surface area contributed by atoms with E-state index >= 15 is 0 Å². The standard InChI is InChI=1S/C16H18Cl2FN3OS/c1-10(2)16-13(17)6-12(7-14(16)18)21-24(19,23)22-8-11(9-22)15-4-3-5-20-15/h3-7,10-11,15H,8-9H2,1-2H3. The molecule has 0 amide bonds. The quantitative estimate of drug-likeness (QED) is 0.671. The summed E-state index contributed by atoms with van der Waals surface area (Å²) >= 11 is 12.4. The first-order valence-electron chi connectivity index (χ1n) is 7.68. The Morgan fingerprint density at radius 3 is 2.46 bits per heavy atom. The summed E-state index contributed by atoms with van der Waals surface area (Å²) < 4.78 is 31.8. The van der Waals surface area contributed by atoms with Crippen molar-refractivity contribution in [2.45, 2.75) is 25.8 Å². The molecule has 0 N–H and O–H groups in total. The van der Waals surface area contributed by atoms with Crippen molar-refractivity contribution in [2.75, 3.05) is 13.1 Å². The van der Waals surface area contributed by atoms with Gasteiger partial charge in [0.15, 0.2) is 0 Å². The zero-order valence-electron chi connectivity index (χ0n) is 13.3. The second-order valence-electron chi connectivity index (χ2n) is 6.28. The summed E-state index contributed by atoms with van der Waals surface area (Å²) in [6, 6.07) is 3.05. The summed E-state index contributed by atoms with van der Waals surface area (Å²) in [4.78, 5) is 4.26. The first kappa shape index (κ1) is 17.9. The van der Waals surface area contributed by atoms with Gasteiger partial charge >= 0.3 is 0 Å². The third-order valence-corrected chi connectivity index (χ3v) is 6.19. The van der Waals surface area contributed by atoms with Crippen molar-refractivity contribution in [3.8, 4) is 0 Å². The van der Waals surface area contributed by atoms with Gasteiger partial charge in [-0.3, -0.25) is 4.99 Å². The summed E-state index contributed by atoms with van der Waals surface area (Å²) in [5.74, 6) is 0.298. The second kappa shape index (κ2) is 6.75. The van der Waals surface area contributed by atoms with E-state index in [0.717, 1.165) is 5.56 Å². The molecule has 1 fully saturated rings. The number of nitrogens with zero attached hydrogens (tertiary/aromatic N) is 3. The van der Waals surface area contributed by atoms with E-state index in [1.165, 1.54) is 16.4 Å². The van der Waals surface area contributed by atoms with E-state index in [2.05, 4.69) is 9.36 Å². The van der Waals surface area contributed by atoms with Crippen LogP contribution in [0, 0.1) is 5.92 Å². The van der Waals surface area contributed by atoms with Crippen LogP contribution in [0.4, 0.5) is 9.57 Å². The lowest BCUT2D eigenvalue weighted by Gasteiger charge is -2.38. The molecule has 4 nitrogen and oxygen atoms in total. The number of hydrogen-bond acceptors (Lipinski definition) is 3. The van der Waals surface area contributed by atoms with Gasteiger partial charge in [0.25, 0.3) is 10.3 Å². The largest absolute Gasteiger partial charge is 0.285 e. The SMILES string of the molecule is CC(C)c1c(Cl)cc(N=S(=O)(F)N2CC(C3C=CC=N3)C2)cc1Cl. The number of hydrogen-bond donors (Lipinski definition) is 0. The van der Waals surface area contributed by atoms with Gasteiger partial charge in [-0.05, 0) is 29.7 Å². The van der Waals surface area contributed by atoms with Gasteiger partial charge in [0.05, 0.1) is 11.7 Å². The second-order valence-corrected chi connectivity index (χ2v) is 8.66. The molecular formula is C16H18Cl2FN3OS. The number of aliphatic imine (C=N–C) groups is 1. The average molecular weight is 390 g/mol. The van der Waals surface area contributed by atoms with E-state index in [-0.39, 0.29) is 23.6 Å². The normalized spacial score (nSPS) is 23.5. The molecule has 2 atom stereocenters. The van der Waals surface area contributed by atoms with Crippen LogP contribution in [0.3, 0.4) is 0 Å². The van der Waals surface area contributed by atoms with Crippen LogP contribution in [0.15, 0.2) is 33.6 Å². The van der Waals surface area contributed by atoms with Gasteiger partial charge in [-0.25, -0.2) is 0 Å². The van der Waals surface area contributed by atoms with Crippen molar-refractivity contribution in [3.05, 3.63) is 39.9 Å². The Morgan fingerprint density at radius 2 is 1.96 bits per heavy atom. The first-order chi connectivity index (χ1) is 11.3. The molecule has 0 aromatic heterocycles.